The van der Waals surface area contributed by atoms with Gasteiger partial charge in [0.15, 0.2) is 0 Å². The van der Waals surface area contributed by atoms with Gasteiger partial charge in [-0.2, -0.15) is 0 Å². The quantitative estimate of drug-likeness (QED) is 0.311. The third-order valence-corrected chi connectivity index (χ3v) is 7.45. The minimum atomic E-state index is -3.13. The molecule has 5 aromatic rings. The fourth-order valence-corrected chi connectivity index (χ4v) is 5.72. The molecule has 6 heteroatoms. The summed E-state index contributed by atoms with van der Waals surface area (Å²) in [4.78, 5) is 20.3. The summed E-state index contributed by atoms with van der Waals surface area (Å²) in [5.74, 6) is -0.100. The summed E-state index contributed by atoms with van der Waals surface area (Å²) >= 11 is 0. The van der Waals surface area contributed by atoms with Crippen molar-refractivity contribution in [1.82, 2.24) is 9.97 Å². The zero-order chi connectivity index (χ0) is 25.3. The van der Waals surface area contributed by atoms with E-state index < -0.39 is 9.84 Å². The SMILES string of the molecule is CC(CS(C)(=O)=O)c1cc(-c2cccc(-c3cc(-c4ccccc4)c[nH]c3=O)c2)c2ncccc2c1. The van der Waals surface area contributed by atoms with Crippen molar-refractivity contribution in [3.63, 3.8) is 0 Å². The highest BCUT2D eigenvalue weighted by atomic mass is 32.2. The normalized spacial score (nSPS) is 12.5. The summed E-state index contributed by atoms with van der Waals surface area (Å²) in [6.45, 7) is 1.92. The Morgan fingerprint density at radius 1 is 0.806 bits per heavy atom. The van der Waals surface area contributed by atoms with E-state index in [1.54, 1.807) is 12.4 Å². The summed E-state index contributed by atoms with van der Waals surface area (Å²) in [6.07, 6.45) is 4.75. The maximum Gasteiger partial charge on any atom is 0.255 e. The molecule has 0 amide bonds. The van der Waals surface area contributed by atoms with Gasteiger partial charge < -0.3 is 4.98 Å². The van der Waals surface area contributed by atoms with Crippen LogP contribution < -0.4 is 5.56 Å². The van der Waals surface area contributed by atoms with E-state index in [1.165, 1.54) is 6.26 Å². The topological polar surface area (TPSA) is 79.9 Å². The van der Waals surface area contributed by atoms with Gasteiger partial charge in [-0.1, -0.05) is 61.5 Å². The number of fused-ring (bicyclic) bond motifs is 1. The molecule has 3 aromatic carbocycles. The number of hydrogen-bond acceptors (Lipinski definition) is 4. The van der Waals surface area contributed by atoms with Crippen LogP contribution in [0.2, 0.25) is 0 Å². The Kier molecular flexibility index (Phi) is 6.29. The molecule has 180 valence electrons. The van der Waals surface area contributed by atoms with E-state index in [1.807, 2.05) is 91.9 Å². The predicted octanol–water partition coefficient (Wildman–Crippen LogP) is 6.07. The first kappa shape index (κ1) is 23.7. The molecule has 0 fully saturated rings. The van der Waals surface area contributed by atoms with Gasteiger partial charge in [0.05, 0.1) is 11.3 Å². The third kappa shape index (κ3) is 4.99. The predicted molar refractivity (Wildman–Crippen MR) is 147 cm³/mol. The molecule has 0 radical (unpaired) electrons. The average Bonchev–Trinajstić information content (AvgIpc) is 2.88. The molecule has 0 aliphatic heterocycles. The first-order chi connectivity index (χ1) is 17.3. The number of aromatic amines is 1. The van der Waals surface area contributed by atoms with Gasteiger partial charge >= 0.3 is 0 Å². The Balaban J connectivity index is 1.64. The largest absolute Gasteiger partial charge is 0.328 e. The molecule has 1 N–H and O–H groups in total. The second kappa shape index (κ2) is 9.55. The molecule has 0 spiro atoms. The molecule has 1 unspecified atom stereocenters. The number of H-pyrrole nitrogens is 1. The summed E-state index contributed by atoms with van der Waals surface area (Å²) in [7, 11) is -3.13. The molecule has 0 aliphatic rings. The summed E-state index contributed by atoms with van der Waals surface area (Å²) in [5.41, 5.74) is 6.75. The molecule has 2 heterocycles. The number of nitrogens with one attached hydrogen (secondary N) is 1. The van der Waals surface area contributed by atoms with Crippen LogP contribution in [-0.2, 0) is 9.84 Å². The van der Waals surface area contributed by atoms with Crippen LogP contribution in [0.5, 0.6) is 0 Å². The second-order valence-electron chi connectivity index (χ2n) is 9.22. The van der Waals surface area contributed by atoms with E-state index in [4.69, 9.17) is 0 Å². The van der Waals surface area contributed by atoms with Gasteiger partial charge in [-0.15, -0.1) is 0 Å². The van der Waals surface area contributed by atoms with E-state index >= 15 is 0 Å². The number of rotatable bonds is 6. The number of aromatic nitrogens is 2. The first-order valence-corrected chi connectivity index (χ1v) is 13.8. The number of hydrogen-bond donors (Lipinski definition) is 1. The molecule has 0 bridgehead atoms. The minimum Gasteiger partial charge on any atom is -0.328 e. The monoisotopic (exact) mass is 494 g/mol. The van der Waals surface area contributed by atoms with Crippen molar-refractivity contribution in [2.75, 3.05) is 12.0 Å². The van der Waals surface area contributed by atoms with E-state index in [9.17, 15) is 13.2 Å². The van der Waals surface area contributed by atoms with Crippen molar-refractivity contribution < 1.29 is 8.42 Å². The van der Waals surface area contributed by atoms with Crippen LogP contribution in [-0.4, -0.2) is 30.4 Å². The highest BCUT2D eigenvalue weighted by Gasteiger charge is 2.17. The fourth-order valence-electron chi connectivity index (χ4n) is 4.62. The van der Waals surface area contributed by atoms with Gasteiger partial charge in [0.1, 0.15) is 9.84 Å². The highest BCUT2D eigenvalue weighted by Crippen LogP contribution is 2.34. The Hall–Kier alpha value is -4.03. The molecule has 0 aliphatic carbocycles. The summed E-state index contributed by atoms with van der Waals surface area (Å²) in [5, 5.41) is 0.944. The van der Waals surface area contributed by atoms with Gasteiger partial charge in [0.25, 0.3) is 5.56 Å². The van der Waals surface area contributed by atoms with Crippen molar-refractivity contribution in [1.29, 1.82) is 0 Å². The third-order valence-electron chi connectivity index (χ3n) is 6.34. The van der Waals surface area contributed by atoms with Crippen LogP contribution in [0.25, 0.3) is 44.3 Å². The smallest absolute Gasteiger partial charge is 0.255 e. The van der Waals surface area contributed by atoms with E-state index in [0.717, 1.165) is 44.3 Å². The second-order valence-corrected chi connectivity index (χ2v) is 11.4. The van der Waals surface area contributed by atoms with Crippen molar-refractivity contribution in [2.24, 2.45) is 0 Å². The lowest BCUT2D eigenvalue weighted by Gasteiger charge is -2.15. The van der Waals surface area contributed by atoms with Gasteiger partial charge in [-0.05, 0) is 64.1 Å². The Labute approximate surface area is 210 Å². The van der Waals surface area contributed by atoms with Crippen molar-refractivity contribution in [2.45, 2.75) is 12.8 Å². The zero-order valence-corrected chi connectivity index (χ0v) is 20.9. The minimum absolute atomic E-state index is 0.0693. The number of sulfone groups is 1. The lowest BCUT2D eigenvalue weighted by atomic mass is 9.92. The van der Waals surface area contributed by atoms with Crippen LogP contribution in [0, 0.1) is 0 Å². The van der Waals surface area contributed by atoms with E-state index in [0.29, 0.717) is 5.56 Å². The molecule has 2 aromatic heterocycles. The molecule has 1 atom stereocenters. The number of nitrogens with zero attached hydrogens (tertiary/aromatic N) is 1. The van der Waals surface area contributed by atoms with Crippen molar-refractivity contribution >= 4 is 20.7 Å². The number of pyridine rings is 2. The first-order valence-electron chi connectivity index (χ1n) is 11.7. The number of benzene rings is 3. The van der Waals surface area contributed by atoms with Gasteiger partial charge in [0, 0.05) is 35.2 Å². The molecule has 0 saturated carbocycles. The molecule has 36 heavy (non-hydrogen) atoms. The van der Waals surface area contributed by atoms with E-state index in [-0.39, 0.29) is 17.2 Å². The maximum atomic E-state index is 12.8. The lowest BCUT2D eigenvalue weighted by molar-refractivity contribution is 0.596. The Morgan fingerprint density at radius 2 is 1.53 bits per heavy atom. The molecular weight excluding hydrogens is 468 g/mol. The van der Waals surface area contributed by atoms with Crippen LogP contribution in [0.1, 0.15) is 18.4 Å². The van der Waals surface area contributed by atoms with Crippen LogP contribution >= 0.6 is 0 Å². The van der Waals surface area contributed by atoms with Crippen molar-refractivity contribution in [3.05, 3.63) is 113 Å². The Bertz CT molecular complexity index is 1720. The lowest BCUT2D eigenvalue weighted by Crippen LogP contribution is -2.10. The molecule has 0 saturated heterocycles. The standard InChI is InChI=1S/C30H26N2O3S/c1-20(19-36(2,34)35)25-15-24-12-7-13-31-29(24)27(16-25)22-10-6-11-23(14-22)28-17-26(18-32-30(28)33)21-8-4-3-5-9-21/h3-18,20H,19H2,1-2H3,(H,32,33). The zero-order valence-electron chi connectivity index (χ0n) is 20.1. The molecular formula is C30H26N2O3S. The van der Waals surface area contributed by atoms with Crippen LogP contribution in [0.15, 0.2) is 102 Å². The maximum absolute atomic E-state index is 12.8. The van der Waals surface area contributed by atoms with E-state index in [2.05, 4.69) is 9.97 Å². The van der Waals surface area contributed by atoms with Gasteiger partial charge in [-0.3, -0.25) is 9.78 Å². The molecule has 5 nitrogen and oxygen atoms in total. The average molecular weight is 495 g/mol. The van der Waals surface area contributed by atoms with Gasteiger partial charge in [-0.25, -0.2) is 8.42 Å². The highest BCUT2D eigenvalue weighted by molar-refractivity contribution is 7.90. The fraction of sp³-hybridized carbons (Fsp3) is 0.133. The summed E-state index contributed by atoms with van der Waals surface area (Å²) < 4.78 is 23.9. The Morgan fingerprint density at radius 3 is 2.28 bits per heavy atom. The van der Waals surface area contributed by atoms with Gasteiger partial charge in [0.2, 0.25) is 0 Å². The van der Waals surface area contributed by atoms with Crippen LogP contribution in [0.3, 0.4) is 0 Å². The summed E-state index contributed by atoms with van der Waals surface area (Å²) in [6, 6.07) is 27.6. The van der Waals surface area contributed by atoms with Crippen molar-refractivity contribution in [3.8, 4) is 33.4 Å². The van der Waals surface area contributed by atoms with Crippen LogP contribution in [0.4, 0.5) is 0 Å². The molecule has 5 rings (SSSR count).